The lowest BCUT2D eigenvalue weighted by Crippen LogP contribution is -1.87. The zero-order chi connectivity index (χ0) is 7.40. The van der Waals surface area contributed by atoms with E-state index < -0.39 is 0 Å². The molecule has 0 aliphatic heterocycles. The Hall–Kier alpha value is -1.02. The summed E-state index contributed by atoms with van der Waals surface area (Å²) in [4.78, 5) is 0. The maximum atomic E-state index is 5.47. The standard InChI is InChI=1S/C8H10NO/c1-10-6-7-2-4-8(9)5-3-7/h2-5H,1,6,9H2. The molecule has 0 amide bonds. The van der Waals surface area contributed by atoms with Crippen LogP contribution in [-0.4, -0.2) is 0 Å². The van der Waals surface area contributed by atoms with E-state index in [0.29, 0.717) is 6.61 Å². The van der Waals surface area contributed by atoms with Crippen LogP contribution < -0.4 is 5.73 Å². The van der Waals surface area contributed by atoms with Crippen LogP contribution in [0, 0.1) is 7.11 Å². The number of hydrogen-bond donors (Lipinski definition) is 1. The van der Waals surface area contributed by atoms with Crippen molar-refractivity contribution in [3.8, 4) is 0 Å². The minimum atomic E-state index is 0.542. The van der Waals surface area contributed by atoms with Gasteiger partial charge >= 0.3 is 0 Å². The molecule has 0 spiro atoms. The third-order valence-electron chi connectivity index (χ3n) is 1.25. The molecule has 0 aliphatic rings. The molecule has 2 nitrogen and oxygen atoms in total. The van der Waals surface area contributed by atoms with Gasteiger partial charge in [-0.05, 0) is 17.7 Å². The summed E-state index contributed by atoms with van der Waals surface area (Å²) in [6.07, 6.45) is 0. The average Bonchev–Trinajstić information content (AvgIpc) is 1.95. The first-order valence-corrected chi connectivity index (χ1v) is 3.04. The second kappa shape index (κ2) is 3.22. The van der Waals surface area contributed by atoms with Gasteiger partial charge in [-0.1, -0.05) is 12.1 Å². The van der Waals surface area contributed by atoms with Crippen LogP contribution in [0.4, 0.5) is 5.69 Å². The number of hydrogen-bond acceptors (Lipinski definition) is 2. The highest BCUT2D eigenvalue weighted by Gasteiger charge is 1.88. The van der Waals surface area contributed by atoms with Crippen molar-refractivity contribution in [2.45, 2.75) is 6.61 Å². The van der Waals surface area contributed by atoms with Crippen LogP contribution in [0.15, 0.2) is 24.3 Å². The molecule has 0 aliphatic carbocycles. The highest BCUT2D eigenvalue weighted by molar-refractivity contribution is 5.38. The smallest absolute Gasteiger partial charge is 0.0718 e. The SMILES string of the molecule is [CH2]OCc1ccc(N)cc1. The topological polar surface area (TPSA) is 35.2 Å². The maximum absolute atomic E-state index is 5.47. The number of nitrogens with two attached hydrogens (primary N) is 1. The number of benzene rings is 1. The van der Waals surface area contributed by atoms with Gasteiger partial charge in [-0.15, -0.1) is 0 Å². The Morgan fingerprint density at radius 1 is 1.30 bits per heavy atom. The Labute approximate surface area is 60.6 Å². The van der Waals surface area contributed by atoms with E-state index in [4.69, 9.17) is 5.73 Å². The van der Waals surface area contributed by atoms with E-state index in [-0.39, 0.29) is 0 Å². The fourth-order valence-electron chi connectivity index (χ4n) is 0.732. The molecule has 1 aromatic carbocycles. The highest BCUT2D eigenvalue weighted by Crippen LogP contribution is 2.05. The normalized spacial score (nSPS) is 9.70. The fourth-order valence-corrected chi connectivity index (χ4v) is 0.732. The van der Waals surface area contributed by atoms with E-state index in [1.165, 1.54) is 0 Å². The summed E-state index contributed by atoms with van der Waals surface area (Å²) < 4.78 is 4.68. The molecular formula is C8H10NO. The fraction of sp³-hybridized carbons (Fsp3) is 0.125. The third kappa shape index (κ3) is 1.74. The van der Waals surface area contributed by atoms with Gasteiger partial charge in [-0.3, -0.25) is 0 Å². The molecule has 10 heavy (non-hydrogen) atoms. The second-order valence-corrected chi connectivity index (χ2v) is 2.09. The maximum Gasteiger partial charge on any atom is 0.0718 e. The van der Waals surface area contributed by atoms with Gasteiger partial charge in [0, 0.05) is 5.69 Å². The van der Waals surface area contributed by atoms with Gasteiger partial charge in [-0.25, -0.2) is 0 Å². The summed E-state index contributed by atoms with van der Waals surface area (Å²) in [5.74, 6) is 0. The lowest BCUT2D eigenvalue weighted by molar-refractivity contribution is 0.229. The monoisotopic (exact) mass is 136 g/mol. The summed E-state index contributed by atoms with van der Waals surface area (Å²) >= 11 is 0. The Morgan fingerprint density at radius 2 is 1.90 bits per heavy atom. The van der Waals surface area contributed by atoms with Crippen molar-refractivity contribution in [3.05, 3.63) is 36.9 Å². The highest BCUT2D eigenvalue weighted by atomic mass is 16.5. The van der Waals surface area contributed by atoms with Crippen LogP contribution in [0.1, 0.15) is 5.56 Å². The van der Waals surface area contributed by atoms with Gasteiger partial charge in [0.15, 0.2) is 0 Å². The van der Waals surface area contributed by atoms with Crippen molar-refractivity contribution in [2.24, 2.45) is 0 Å². The van der Waals surface area contributed by atoms with Gasteiger partial charge < -0.3 is 10.5 Å². The van der Waals surface area contributed by atoms with E-state index in [2.05, 4.69) is 11.8 Å². The van der Waals surface area contributed by atoms with Crippen molar-refractivity contribution < 1.29 is 4.74 Å². The molecule has 0 atom stereocenters. The van der Waals surface area contributed by atoms with Crippen LogP contribution in [0.25, 0.3) is 0 Å². The predicted molar refractivity (Wildman–Crippen MR) is 41.0 cm³/mol. The van der Waals surface area contributed by atoms with E-state index in [9.17, 15) is 0 Å². The van der Waals surface area contributed by atoms with Gasteiger partial charge in [0.25, 0.3) is 0 Å². The average molecular weight is 136 g/mol. The Kier molecular flexibility index (Phi) is 2.29. The van der Waals surface area contributed by atoms with Crippen LogP contribution >= 0.6 is 0 Å². The molecule has 1 radical (unpaired) electrons. The molecule has 2 N–H and O–H groups in total. The number of ether oxygens (including phenoxy) is 1. The molecule has 2 heteroatoms. The molecule has 53 valence electrons. The van der Waals surface area contributed by atoms with Gasteiger partial charge in [0.05, 0.1) is 13.7 Å². The molecular weight excluding hydrogens is 126 g/mol. The summed E-state index contributed by atoms with van der Waals surface area (Å²) in [6, 6.07) is 7.52. The molecule has 0 saturated heterocycles. The molecule has 1 aromatic rings. The van der Waals surface area contributed by atoms with E-state index in [1.807, 2.05) is 24.3 Å². The van der Waals surface area contributed by atoms with E-state index in [0.717, 1.165) is 11.3 Å². The molecule has 0 fully saturated rings. The largest absolute Gasteiger partial charge is 0.399 e. The quantitative estimate of drug-likeness (QED) is 0.626. The lowest BCUT2D eigenvalue weighted by Gasteiger charge is -1.97. The summed E-state index contributed by atoms with van der Waals surface area (Å²) in [5.41, 5.74) is 7.32. The number of rotatable bonds is 2. The van der Waals surface area contributed by atoms with Crippen LogP contribution in [0.5, 0.6) is 0 Å². The van der Waals surface area contributed by atoms with Crippen molar-refractivity contribution >= 4 is 5.69 Å². The zero-order valence-corrected chi connectivity index (χ0v) is 5.71. The zero-order valence-electron chi connectivity index (χ0n) is 5.71. The van der Waals surface area contributed by atoms with Gasteiger partial charge in [-0.2, -0.15) is 0 Å². The first-order chi connectivity index (χ1) is 4.83. The first kappa shape index (κ1) is 7.09. The van der Waals surface area contributed by atoms with E-state index in [1.54, 1.807) is 0 Å². The molecule has 0 bridgehead atoms. The Balaban J connectivity index is 2.69. The Morgan fingerprint density at radius 3 is 2.40 bits per heavy atom. The van der Waals surface area contributed by atoms with Crippen LogP contribution in [0.2, 0.25) is 0 Å². The number of nitrogen functional groups attached to an aromatic ring is 1. The summed E-state index contributed by atoms with van der Waals surface area (Å²) in [7, 11) is 3.27. The van der Waals surface area contributed by atoms with Crippen molar-refractivity contribution in [3.63, 3.8) is 0 Å². The Bertz CT molecular complexity index is 193. The molecule has 0 saturated carbocycles. The van der Waals surface area contributed by atoms with Gasteiger partial charge in [0.1, 0.15) is 0 Å². The van der Waals surface area contributed by atoms with E-state index >= 15 is 0 Å². The first-order valence-electron chi connectivity index (χ1n) is 3.04. The molecule has 1 rings (SSSR count). The summed E-state index contributed by atoms with van der Waals surface area (Å²) in [6.45, 7) is 0.542. The van der Waals surface area contributed by atoms with Crippen molar-refractivity contribution in [1.82, 2.24) is 0 Å². The van der Waals surface area contributed by atoms with Gasteiger partial charge in [0.2, 0.25) is 0 Å². The second-order valence-electron chi connectivity index (χ2n) is 2.09. The third-order valence-corrected chi connectivity index (χ3v) is 1.25. The minimum absolute atomic E-state index is 0.542. The molecule has 0 aromatic heterocycles. The molecule has 0 heterocycles. The minimum Gasteiger partial charge on any atom is -0.399 e. The van der Waals surface area contributed by atoms with Crippen LogP contribution in [-0.2, 0) is 11.3 Å². The van der Waals surface area contributed by atoms with Crippen LogP contribution in [0.3, 0.4) is 0 Å². The molecule has 0 unspecified atom stereocenters. The lowest BCUT2D eigenvalue weighted by atomic mass is 10.2. The van der Waals surface area contributed by atoms with Crippen molar-refractivity contribution in [1.29, 1.82) is 0 Å². The summed E-state index contributed by atoms with van der Waals surface area (Å²) in [5, 5.41) is 0. The predicted octanol–water partition coefficient (Wildman–Crippen LogP) is 1.58. The van der Waals surface area contributed by atoms with Crippen molar-refractivity contribution in [2.75, 3.05) is 5.73 Å². The number of anilines is 1.